The number of rotatable bonds is 5. The van der Waals surface area contributed by atoms with Gasteiger partial charge in [0.05, 0.1) is 6.04 Å². The Morgan fingerprint density at radius 1 is 0.909 bits per heavy atom. The Bertz CT molecular complexity index is 892. The Morgan fingerprint density at radius 3 is 1.79 bits per heavy atom. The third-order valence-electron chi connectivity index (χ3n) is 5.09. The molecular formula is C21H18Cl2F6N2O2. The van der Waals surface area contributed by atoms with Gasteiger partial charge in [0, 0.05) is 29.7 Å². The Labute approximate surface area is 195 Å². The number of hydrogen-bond donors (Lipinski definition) is 1. The number of alkyl halides is 6. The molecule has 12 heteroatoms. The summed E-state index contributed by atoms with van der Waals surface area (Å²) in [6.07, 6.45) is -15.8. The quantitative estimate of drug-likeness (QED) is 0.429. The third kappa shape index (κ3) is 6.32. The van der Waals surface area contributed by atoms with Crippen molar-refractivity contribution in [2.45, 2.75) is 30.5 Å². The van der Waals surface area contributed by atoms with Crippen LogP contribution >= 0.6 is 23.2 Å². The van der Waals surface area contributed by atoms with E-state index in [1.807, 2.05) is 0 Å². The van der Waals surface area contributed by atoms with Crippen LogP contribution < -0.4 is 5.32 Å². The first-order chi connectivity index (χ1) is 15.4. The number of benzene rings is 2. The first-order valence-electron chi connectivity index (χ1n) is 9.69. The molecule has 1 aliphatic heterocycles. The number of piperazine rings is 1. The fourth-order valence-corrected chi connectivity index (χ4v) is 3.88. The van der Waals surface area contributed by atoms with Crippen molar-refractivity contribution in [1.82, 2.24) is 10.2 Å². The summed E-state index contributed by atoms with van der Waals surface area (Å²) in [6, 6.07) is 11.0. The van der Waals surface area contributed by atoms with Crippen molar-refractivity contribution in [1.29, 1.82) is 0 Å². The summed E-state index contributed by atoms with van der Waals surface area (Å²) in [5.74, 6) is -1.63. The zero-order valence-corrected chi connectivity index (χ0v) is 18.3. The van der Waals surface area contributed by atoms with Gasteiger partial charge in [0.25, 0.3) is 6.10 Å². The molecule has 0 aliphatic carbocycles. The van der Waals surface area contributed by atoms with Crippen LogP contribution in [-0.4, -0.2) is 55.0 Å². The Morgan fingerprint density at radius 2 is 1.36 bits per heavy atom. The highest BCUT2D eigenvalue weighted by atomic mass is 35.5. The largest absolute Gasteiger partial charge is 0.442 e. The van der Waals surface area contributed by atoms with Gasteiger partial charge in [-0.25, -0.2) is 0 Å². The molecule has 2 aromatic rings. The Balaban J connectivity index is 1.98. The summed E-state index contributed by atoms with van der Waals surface area (Å²) in [5, 5.41) is 3.69. The average molecular weight is 515 g/mol. The molecule has 4 nitrogen and oxygen atoms in total. The van der Waals surface area contributed by atoms with Crippen LogP contribution in [0.3, 0.4) is 0 Å². The predicted molar refractivity (Wildman–Crippen MR) is 110 cm³/mol. The van der Waals surface area contributed by atoms with Gasteiger partial charge in [0.1, 0.15) is 6.04 Å². The monoisotopic (exact) mass is 514 g/mol. The van der Waals surface area contributed by atoms with Crippen molar-refractivity contribution in [3.8, 4) is 0 Å². The minimum Gasteiger partial charge on any atom is -0.442 e. The normalized spacial score (nSPS) is 18.1. The van der Waals surface area contributed by atoms with Gasteiger partial charge in [0.2, 0.25) is 0 Å². The van der Waals surface area contributed by atoms with E-state index in [1.54, 1.807) is 48.5 Å². The molecule has 0 radical (unpaired) electrons. The predicted octanol–water partition coefficient (Wildman–Crippen LogP) is 5.39. The summed E-state index contributed by atoms with van der Waals surface area (Å²) in [7, 11) is 0. The molecule has 1 atom stereocenters. The van der Waals surface area contributed by atoms with Crippen LogP contribution in [0.2, 0.25) is 10.0 Å². The van der Waals surface area contributed by atoms with Crippen molar-refractivity contribution in [3.63, 3.8) is 0 Å². The van der Waals surface area contributed by atoms with E-state index in [1.165, 1.54) is 4.90 Å². The number of nitrogens with one attached hydrogen (secondary N) is 1. The highest BCUT2D eigenvalue weighted by Gasteiger charge is 2.60. The van der Waals surface area contributed by atoms with Crippen LogP contribution in [0.4, 0.5) is 26.3 Å². The van der Waals surface area contributed by atoms with E-state index in [2.05, 4.69) is 10.1 Å². The fraction of sp³-hybridized carbons (Fsp3) is 0.381. The van der Waals surface area contributed by atoms with E-state index in [0.29, 0.717) is 27.7 Å². The molecule has 3 rings (SSSR count). The summed E-state index contributed by atoms with van der Waals surface area (Å²) < 4.78 is 81.7. The molecule has 1 fully saturated rings. The number of ether oxygens (including phenoxy) is 1. The molecule has 33 heavy (non-hydrogen) atoms. The summed E-state index contributed by atoms with van der Waals surface area (Å²) >= 11 is 11.9. The number of hydrogen-bond acceptors (Lipinski definition) is 4. The maximum absolute atomic E-state index is 13.0. The maximum atomic E-state index is 13.0. The van der Waals surface area contributed by atoms with Crippen LogP contribution in [0.1, 0.15) is 17.2 Å². The first-order valence-corrected chi connectivity index (χ1v) is 10.4. The highest BCUT2D eigenvalue weighted by Crippen LogP contribution is 2.37. The number of carbonyl (C=O) groups is 1. The van der Waals surface area contributed by atoms with Gasteiger partial charge >= 0.3 is 18.3 Å². The first kappa shape index (κ1) is 25.6. The van der Waals surface area contributed by atoms with Gasteiger partial charge in [-0.05, 0) is 35.4 Å². The number of halogens is 8. The Kier molecular flexibility index (Phi) is 7.83. The molecule has 1 heterocycles. The second-order valence-corrected chi connectivity index (χ2v) is 8.24. The molecule has 0 amide bonds. The molecule has 2 aromatic carbocycles. The van der Waals surface area contributed by atoms with Crippen LogP contribution in [-0.2, 0) is 9.53 Å². The van der Waals surface area contributed by atoms with Crippen LogP contribution in [0.15, 0.2) is 48.5 Å². The van der Waals surface area contributed by atoms with Gasteiger partial charge in [-0.3, -0.25) is 9.69 Å². The number of esters is 1. The number of carbonyl (C=O) groups excluding carboxylic acids is 1. The second kappa shape index (κ2) is 10.1. The molecule has 0 bridgehead atoms. The molecule has 0 aromatic heterocycles. The minimum atomic E-state index is -5.80. The summed E-state index contributed by atoms with van der Waals surface area (Å²) in [5.41, 5.74) is 1.26. The van der Waals surface area contributed by atoms with Crippen molar-refractivity contribution < 1.29 is 35.9 Å². The van der Waals surface area contributed by atoms with E-state index in [4.69, 9.17) is 23.2 Å². The third-order valence-corrected chi connectivity index (χ3v) is 5.59. The van der Waals surface area contributed by atoms with E-state index in [9.17, 15) is 31.1 Å². The average Bonchev–Trinajstić information content (AvgIpc) is 2.73. The molecule has 0 spiro atoms. The van der Waals surface area contributed by atoms with Crippen LogP contribution in [0, 0.1) is 0 Å². The van der Waals surface area contributed by atoms with Gasteiger partial charge in [-0.2, -0.15) is 26.3 Å². The topological polar surface area (TPSA) is 41.6 Å². The van der Waals surface area contributed by atoms with Crippen molar-refractivity contribution in [3.05, 3.63) is 69.7 Å². The van der Waals surface area contributed by atoms with Gasteiger partial charge in [-0.15, -0.1) is 0 Å². The maximum Gasteiger partial charge on any atom is 0.434 e. The fourth-order valence-electron chi connectivity index (χ4n) is 3.63. The van der Waals surface area contributed by atoms with Gasteiger partial charge in [-0.1, -0.05) is 47.5 Å². The lowest BCUT2D eigenvalue weighted by Crippen LogP contribution is -2.58. The zero-order valence-electron chi connectivity index (χ0n) is 16.8. The number of nitrogens with zero attached hydrogens (tertiary/aromatic N) is 1. The summed E-state index contributed by atoms with van der Waals surface area (Å²) in [4.78, 5) is 14.2. The van der Waals surface area contributed by atoms with E-state index >= 15 is 0 Å². The molecule has 1 saturated heterocycles. The minimum absolute atomic E-state index is 0.151. The molecule has 180 valence electrons. The van der Waals surface area contributed by atoms with Crippen LogP contribution in [0.25, 0.3) is 0 Å². The van der Waals surface area contributed by atoms with Crippen molar-refractivity contribution >= 4 is 29.2 Å². The van der Waals surface area contributed by atoms with Crippen LogP contribution in [0.5, 0.6) is 0 Å². The lowest BCUT2D eigenvalue weighted by atomic mass is 9.94. The molecule has 1 N–H and O–H groups in total. The second-order valence-electron chi connectivity index (χ2n) is 7.36. The molecular weight excluding hydrogens is 497 g/mol. The summed E-state index contributed by atoms with van der Waals surface area (Å²) in [6.45, 7) is 0.306. The molecule has 0 saturated carbocycles. The standard InChI is InChI=1S/C21H18Cl2F6N2O2/c22-14-5-1-12(2-6-14)17(13-3-7-15(23)8-4-13)31-10-9-30-11-16(31)18(32)33-19(20(24,25)26)21(27,28)29/h1-8,16-17,19,30H,9-11H2. The lowest BCUT2D eigenvalue weighted by molar-refractivity contribution is -0.314. The highest BCUT2D eigenvalue weighted by molar-refractivity contribution is 6.30. The lowest BCUT2D eigenvalue weighted by Gasteiger charge is -2.41. The Hall–Kier alpha value is -2.01. The van der Waals surface area contributed by atoms with Crippen molar-refractivity contribution in [2.24, 2.45) is 0 Å². The van der Waals surface area contributed by atoms with E-state index in [0.717, 1.165) is 0 Å². The molecule has 1 aliphatic rings. The van der Waals surface area contributed by atoms with Gasteiger partial charge in [0.15, 0.2) is 0 Å². The smallest absolute Gasteiger partial charge is 0.434 e. The zero-order chi connectivity index (χ0) is 24.4. The van der Waals surface area contributed by atoms with E-state index in [-0.39, 0.29) is 13.1 Å². The molecule has 1 unspecified atom stereocenters. The SMILES string of the molecule is O=C(OC(C(F)(F)F)C(F)(F)F)C1CNCCN1C(c1ccc(Cl)cc1)c1ccc(Cl)cc1. The van der Waals surface area contributed by atoms with Gasteiger partial charge < -0.3 is 10.1 Å². The van der Waals surface area contributed by atoms with E-state index < -0.39 is 36.5 Å². The van der Waals surface area contributed by atoms with Crippen molar-refractivity contribution in [2.75, 3.05) is 19.6 Å².